The standard InChI is InChI=1S/C8H3F7INO/c9-1-4-6(18-8(13,14)15)5(7(10,11)12)3(16)2-17-4/h2H,1H2. The number of halogens is 8. The molecule has 0 unspecified atom stereocenters. The summed E-state index contributed by atoms with van der Waals surface area (Å²) >= 11 is 1.14. The van der Waals surface area contributed by atoms with Gasteiger partial charge in [-0.25, -0.2) is 4.39 Å². The van der Waals surface area contributed by atoms with Crippen molar-refractivity contribution in [1.29, 1.82) is 0 Å². The lowest BCUT2D eigenvalue weighted by atomic mass is 10.2. The maximum absolute atomic E-state index is 12.6. The number of alkyl halides is 7. The largest absolute Gasteiger partial charge is 0.573 e. The van der Waals surface area contributed by atoms with E-state index in [-0.39, 0.29) is 0 Å². The summed E-state index contributed by atoms with van der Waals surface area (Å²) in [5, 5.41) is 0. The molecule has 0 aliphatic heterocycles. The van der Waals surface area contributed by atoms with Crippen LogP contribution in [0.3, 0.4) is 0 Å². The van der Waals surface area contributed by atoms with E-state index >= 15 is 0 Å². The molecule has 102 valence electrons. The quantitative estimate of drug-likeness (QED) is 0.562. The van der Waals surface area contributed by atoms with Crippen molar-refractivity contribution >= 4 is 22.6 Å². The fraction of sp³-hybridized carbons (Fsp3) is 0.375. The molecule has 0 N–H and O–H groups in total. The highest BCUT2D eigenvalue weighted by Gasteiger charge is 2.42. The lowest BCUT2D eigenvalue weighted by molar-refractivity contribution is -0.276. The van der Waals surface area contributed by atoms with Crippen molar-refractivity contribution in [2.45, 2.75) is 19.2 Å². The SMILES string of the molecule is FCc1ncc(I)c(C(F)(F)F)c1OC(F)(F)F. The molecule has 0 aliphatic carbocycles. The second-order valence-corrected chi connectivity index (χ2v) is 4.10. The van der Waals surface area contributed by atoms with Crippen LogP contribution in [0.15, 0.2) is 6.20 Å². The van der Waals surface area contributed by atoms with Gasteiger partial charge in [0.2, 0.25) is 0 Å². The van der Waals surface area contributed by atoms with Crippen molar-refractivity contribution in [1.82, 2.24) is 4.98 Å². The average Bonchev–Trinajstić information content (AvgIpc) is 2.13. The zero-order valence-electron chi connectivity index (χ0n) is 8.16. The van der Waals surface area contributed by atoms with Crippen LogP contribution >= 0.6 is 22.6 Å². The topological polar surface area (TPSA) is 22.1 Å². The molecule has 0 aliphatic rings. The first-order valence-corrected chi connectivity index (χ1v) is 5.20. The Hall–Kier alpha value is -0.810. The number of nitrogens with zero attached hydrogens (tertiary/aromatic N) is 1. The van der Waals surface area contributed by atoms with Crippen molar-refractivity contribution in [3.05, 3.63) is 21.0 Å². The lowest BCUT2D eigenvalue weighted by Gasteiger charge is -2.18. The molecule has 1 heterocycles. The summed E-state index contributed by atoms with van der Waals surface area (Å²) < 4.78 is 88.8. The first-order valence-electron chi connectivity index (χ1n) is 4.12. The van der Waals surface area contributed by atoms with Gasteiger partial charge in [0.05, 0.1) is 0 Å². The van der Waals surface area contributed by atoms with E-state index in [0.717, 1.165) is 22.6 Å². The van der Waals surface area contributed by atoms with E-state index in [4.69, 9.17) is 0 Å². The molecule has 0 atom stereocenters. The maximum atomic E-state index is 12.6. The molecule has 10 heteroatoms. The van der Waals surface area contributed by atoms with E-state index in [1.807, 2.05) is 0 Å². The number of hydrogen-bond acceptors (Lipinski definition) is 2. The zero-order valence-corrected chi connectivity index (χ0v) is 10.3. The van der Waals surface area contributed by atoms with Gasteiger partial charge in [-0.15, -0.1) is 13.2 Å². The van der Waals surface area contributed by atoms with Gasteiger partial charge in [-0.3, -0.25) is 4.98 Å². The highest BCUT2D eigenvalue weighted by molar-refractivity contribution is 14.1. The van der Waals surface area contributed by atoms with Crippen LogP contribution < -0.4 is 4.74 Å². The Balaban J connectivity index is 3.47. The number of aromatic nitrogens is 1. The van der Waals surface area contributed by atoms with Gasteiger partial charge in [-0.2, -0.15) is 13.2 Å². The molecule has 0 fully saturated rings. The molecule has 0 amide bonds. The first-order chi connectivity index (χ1) is 8.06. The molecule has 0 spiro atoms. The average molecular weight is 389 g/mol. The molecular weight excluding hydrogens is 386 g/mol. The smallest absolute Gasteiger partial charge is 0.403 e. The highest BCUT2D eigenvalue weighted by Crippen LogP contribution is 2.42. The van der Waals surface area contributed by atoms with Gasteiger partial charge in [0.25, 0.3) is 0 Å². The fourth-order valence-corrected chi connectivity index (χ4v) is 1.79. The van der Waals surface area contributed by atoms with Crippen LogP contribution in [0.25, 0.3) is 0 Å². The summed E-state index contributed by atoms with van der Waals surface area (Å²) in [7, 11) is 0. The van der Waals surface area contributed by atoms with E-state index in [1.165, 1.54) is 0 Å². The molecule has 0 bridgehead atoms. The van der Waals surface area contributed by atoms with Gasteiger partial charge in [0, 0.05) is 9.77 Å². The van der Waals surface area contributed by atoms with Gasteiger partial charge in [0.15, 0.2) is 5.75 Å². The van der Waals surface area contributed by atoms with Crippen LogP contribution in [-0.2, 0) is 12.9 Å². The molecule has 1 aromatic heterocycles. The van der Waals surface area contributed by atoms with Crippen LogP contribution in [0.5, 0.6) is 5.75 Å². The fourth-order valence-electron chi connectivity index (χ4n) is 1.10. The minimum absolute atomic E-state index is 0.614. The van der Waals surface area contributed by atoms with Gasteiger partial charge in [-0.05, 0) is 22.6 Å². The summed E-state index contributed by atoms with van der Waals surface area (Å²) in [6, 6.07) is 0. The van der Waals surface area contributed by atoms with Crippen molar-refractivity contribution in [2.75, 3.05) is 0 Å². The van der Waals surface area contributed by atoms with Gasteiger partial charge >= 0.3 is 12.5 Å². The third kappa shape index (κ3) is 3.59. The second-order valence-electron chi connectivity index (χ2n) is 2.94. The van der Waals surface area contributed by atoms with Crippen LogP contribution in [-0.4, -0.2) is 11.3 Å². The van der Waals surface area contributed by atoms with Crippen molar-refractivity contribution < 1.29 is 35.5 Å². The molecule has 0 saturated heterocycles. The van der Waals surface area contributed by atoms with E-state index in [9.17, 15) is 30.7 Å². The monoisotopic (exact) mass is 389 g/mol. The molecule has 2 nitrogen and oxygen atoms in total. The Bertz CT molecular complexity index is 442. The summed E-state index contributed by atoms with van der Waals surface area (Å²) in [5.41, 5.74) is -2.75. The van der Waals surface area contributed by atoms with E-state index < -0.39 is 39.8 Å². The first kappa shape index (κ1) is 15.2. The molecule has 0 aromatic carbocycles. The molecule has 1 rings (SSSR count). The molecular formula is C8H3F7INO. The van der Waals surface area contributed by atoms with Crippen LogP contribution in [0, 0.1) is 3.57 Å². The minimum Gasteiger partial charge on any atom is -0.403 e. The third-order valence-electron chi connectivity index (χ3n) is 1.69. The summed E-state index contributed by atoms with van der Waals surface area (Å²) in [5.74, 6) is -1.65. The Morgan fingerprint density at radius 2 is 1.72 bits per heavy atom. The Morgan fingerprint density at radius 3 is 2.11 bits per heavy atom. The van der Waals surface area contributed by atoms with E-state index in [0.29, 0.717) is 6.20 Å². The van der Waals surface area contributed by atoms with Crippen LogP contribution in [0.1, 0.15) is 11.3 Å². The molecule has 0 radical (unpaired) electrons. The minimum atomic E-state index is -5.37. The summed E-state index contributed by atoms with van der Waals surface area (Å²) in [4.78, 5) is 3.15. The Morgan fingerprint density at radius 1 is 1.17 bits per heavy atom. The van der Waals surface area contributed by atoms with Crippen molar-refractivity contribution in [2.24, 2.45) is 0 Å². The van der Waals surface area contributed by atoms with Crippen LogP contribution in [0.2, 0.25) is 0 Å². The van der Waals surface area contributed by atoms with E-state index in [2.05, 4.69) is 9.72 Å². The lowest BCUT2D eigenvalue weighted by Crippen LogP contribution is -2.22. The number of hydrogen-bond donors (Lipinski definition) is 0. The maximum Gasteiger partial charge on any atom is 0.573 e. The van der Waals surface area contributed by atoms with Crippen LogP contribution in [0.4, 0.5) is 30.7 Å². The van der Waals surface area contributed by atoms with Crippen molar-refractivity contribution in [3.63, 3.8) is 0 Å². The summed E-state index contributed by atoms with van der Waals surface area (Å²) in [6.45, 7) is -1.61. The normalized spacial score (nSPS) is 12.7. The Kier molecular flexibility index (Phi) is 4.28. The molecule has 0 saturated carbocycles. The summed E-state index contributed by atoms with van der Waals surface area (Å²) in [6.07, 6.45) is -9.85. The highest BCUT2D eigenvalue weighted by atomic mass is 127. The Labute approximate surface area is 109 Å². The number of pyridine rings is 1. The molecule has 18 heavy (non-hydrogen) atoms. The molecule has 1 aromatic rings. The zero-order chi connectivity index (χ0) is 14.1. The van der Waals surface area contributed by atoms with Gasteiger partial charge < -0.3 is 4.74 Å². The van der Waals surface area contributed by atoms with E-state index in [1.54, 1.807) is 0 Å². The predicted molar refractivity (Wildman–Crippen MR) is 53.5 cm³/mol. The van der Waals surface area contributed by atoms with Gasteiger partial charge in [0.1, 0.15) is 17.9 Å². The second kappa shape index (κ2) is 5.05. The van der Waals surface area contributed by atoms with Gasteiger partial charge in [-0.1, -0.05) is 0 Å². The van der Waals surface area contributed by atoms with Crippen molar-refractivity contribution in [3.8, 4) is 5.75 Å². The third-order valence-corrected chi connectivity index (χ3v) is 2.51. The number of ether oxygens (including phenoxy) is 1. The predicted octanol–water partition coefficient (Wildman–Crippen LogP) is 4.07. The number of rotatable bonds is 2.